The number of carbonyl (C=O) groups excluding carboxylic acids is 2. The van der Waals surface area contributed by atoms with Crippen molar-refractivity contribution in [2.75, 3.05) is 120 Å². The number of phenols is 1. The number of hydrogen-bond acceptors (Lipinski definition) is 19. The molecule has 0 spiro atoms. The SMILES string of the molecule is C#CCOCCOCCOCCNc1nc(N2CCN(C(=O)C(Cc3ccc(O)cc3)n3cc(C(N)CC(C)C)nn3)CC2)nc(N2CCN(C(=O)C(CCCCN)n3cc(C(N)C(C)CC)nn3)CC2)n1.[Cl-]. The Hall–Kier alpha value is -5.74. The quantitative estimate of drug-likeness (QED) is 0.0326. The van der Waals surface area contributed by atoms with Crippen LogP contribution in [0, 0.1) is 24.2 Å². The number of hydrogen-bond donors (Lipinski definition) is 5. The normalized spacial score (nSPS) is 16.2. The van der Waals surface area contributed by atoms with Crippen molar-refractivity contribution in [1.82, 2.24) is 54.7 Å². The number of aromatic hydroxyl groups is 1. The van der Waals surface area contributed by atoms with Gasteiger partial charge in [-0.15, -0.1) is 16.6 Å². The number of terminal acetylenes is 1. The Morgan fingerprint density at radius 1 is 0.767 bits per heavy atom. The van der Waals surface area contributed by atoms with Gasteiger partial charge in [0.2, 0.25) is 29.7 Å². The highest BCUT2D eigenvalue weighted by atomic mass is 35.5. The molecule has 24 heteroatoms. The van der Waals surface area contributed by atoms with Crippen LogP contribution in [0.2, 0.25) is 0 Å². The predicted molar refractivity (Wildman–Crippen MR) is 273 cm³/mol. The molecule has 5 atom stereocenters. The summed E-state index contributed by atoms with van der Waals surface area (Å²) in [5.41, 5.74) is 21.0. The standard InChI is InChI=1S/C49H77N17O6.ClH/c1-6-25-70-27-29-72-30-28-71-26-16-53-47-54-48(63-21-17-61(18-22-63)45(68)42(10-8-9-15-50)65-34-41(58-60-65)44(52)36(5)7-2)56-49(55-47)64-23-19-62(20-24-64)46(69)43(32-37-11-13-38(67)14-12-37)66-33-40(57-59-66)39(51)31-35(3)4;/h1,11-14,33-36,39,42-44,67H,7-10,15-32,50-52H2,2-5H3,(H,53,54,55,56);1H/p-1. The number of nitrogens with one attached hydrogen (secondary N) is 1. The van der Waals surface area contributed by atoms with Crippen molar-refractivity contribution in [3.63, 3.8) is 0 Å². The van der Waals surface area contributed by atoms with Crippen LogP contribution in [0.4, 0.5) is 17.8 Å². The van der Waals surface area contributed by atoms with Gasteiger partial charge in [0.05, 0.1) is 68.9 Å². The molecular formula is C49H77ClN17O6-. The van der Waals surface area contributed by atoms with Crippen LogP contribution in [0.3, 0.4) is 0 Å². The van der Waals surface area contributed by atoms with E-state index in [1.165, 1.54) is 0 Å². The molecule has 23 nitrogen and oxygen atoms in total. The third-order valence-electron chi connectivity index (χ3n) is 13.1. The number of anilines is 3. The maximum Gasteiger partial charge on any atom is 0.247 e. The Morgan fingerprint density at radius 2 is 1.32 bits per heavy atom. The fraction of sp³-hybridized carbons (Fsp3) is 0.653. The minimum Gasteiger partial charge on any atom is -1.00 e. The Balaban J connectivity index is 0.00000988. The first-order chi connectivity index (χ1) is 34.9. The van der Waals surface area contributed by atoms with Crippen molar-refractivity contribution < 1.29 is 41.3 Å². The number of nitrogens with zero attached hydrogens (tertiary/aromatic N) is 13. The van der Waals surface area contributed by atoms with Crippen LogP contribution in [0.15, 0.2) is 36.7 Å². The highest BCUT2D eigenvalue weighted by molar-refractivity contribution is 5.81. The van der Waals surface area contributed by atoms with E-state index in [4.69, 9.17) is 52.8 Å². The van der Waals surface area contributed by atoms with Crippen molar-refractivity contribution in [3.8, 4) is 18.1 Å². The Morgan fingerprint density at radius 3 is 1.89 bits per heavy atom. The number of ether oxygens (including phenoxy) is 3. The van der Waals surface area contributed by atoms with Gasteiger partial charge in [-0.05, 0) is 61.8 Å². The molecule has 0 radical (unpaired) electrons. The summed E-state index contributed by atoms with van der Waals surface area (Å²) in [7, 11) is 0. The van der Waals surface area contributed by atoms with Crippen molar-refractivity contribution in [1.29, 1.82) is 0 Å². The molecule has 6 rings (SSSR count). The summed E-state index contributed by atoms with van der Waals surface area (Å²) in [4.78, 5) is 51.3. The number of piperazine rings is 2. The third kappa shape index (κ3) is 17.2. The lowest BCUT2D eigenvalue weighted by atomic mass is 9.98. The monoisotopic (exact) mass is 1030 g/mol. The van der Waals surface area contributed by atoms with Crippen molar-refractivity contribution in [2.45, 2.75) is 90.4 Å². The van der Waals surface area contributed by atoms with E-state index in [-0.39, 0.29) is 54.6 Å². The molecule has 5 heterocycles. The largest absolute Gasteiger partial charge is 1.00 e. The molecule has 2 aliphatic heterocycles. The molecule has 4 aromatic rings. The number of nitrogens with two attached hydrogens (primary N) is 3. The molecule has 0 aliphatic carbocycles. The van der Waals surface area contributed by atoms with E-state index in [2.05, 4.69) is 69.4 Å². The molecule has 2 aliphatic rings. The van der Waals surface area contributed by atoms with E-state index in [1.807, 2.05) is 16.0 Å². The van der Waals surface area contributed by atoms with Gasteiger partial charge in [0.15, 0.2) is 0 Å². The van der Waals surface area contributed by atoms with Crippen LogP contribution < -0.4 is 44.7 Å². The van der Waals surface area contributed by atoms with E-state index >= 15 is 0 Å². The summed E-state index contributed by atoms with van der Waals surface area (Å²) in [6, 6.07) is 5.02. The molecule has 73 heavy (non-hydrogen) atoms. The zero-order chi connectivity index (χ0) is 51.4. The predicted octanol–water partition coefficient (Wildman–Crippen LogP) is -0.898. The summed E-state index contributed by atoms with van der Waals surface area (Å²) < 4.78 is 19.9. The van der Waals surface area contributed by atoms with Crippen LogP contribution in [0.5, 0.6) is 5.75 Å². The van der Waals surface area contributed by atoms with Gasteiger partial charge in [-0.1, -0.05) is 62.6 Å². The van der Waals surface area contributed by atoms with E-state index in [9.17, 15) is 14.7 Å². The summed E-state index contributed by atoms with van der Waals surface area (Å²) in [6.07, 6.45) is 12.9. The lowest BCUT2D eigenvalue weighted by Gasteiger charge is -2.38. The number of phenolic OH excluding ortho intramolecular Hbond substituents is 1. The van der Waals surface area contributed by atoms with Gasteiger partial charge in [-0.2, -0.15) is 15.0 Å². The van der Waals surface area contributed by atoms with Gasteiger partial charge >= 0.3 is 0 Å². The lowest BCUT2D eigenvalue weighted by Crippen LogP contribution is -3.00. The van der Waals surface area contributed by atoms with Gasteiger partial charge in [0.25, 0.3) is 0 Å². The number of carbonyl (C=O) groups is 2. The number of halogens is 1. The molecule has 402 valence electrons. The van der Waals surface area contributed by atoms with Gasteiger partial charge < -0.3 is 73.8 Å². The minimum absolute atomic E-state index is 0. The molecule has 2 amide bonds. The fourth-order valence-corrected chi connectivity index (χ4v) is 8.58. The molecule has 8 N–H and O–H groups in total. The van der Waals surface area contributed by atoms with E-state index in [0.29, 0.717) is 146 Å². The lowest BCUT2D eigenvalue weighted by molar-refractivity contribution is -0.136. The maximum absolute atomic E-state index is 14.5. The van der Waals surface area contributed by atoms with Gasteiger partial charge in [0.1, 0.15) is 24.4 Å². The van der Waals surface area contributed by atoms with E-state index in [1.54, 1.807) is 39.8 Å². The van der Waals surface area contributed by atoms with Gasteiger partial charge in [-0.3, -0.25) is 9.59 Å². The number of rotatable bonds is 29. The van der Waals surface area contributed by atoms with Crippen molar-refractivity contribution in [3.05, 3.63) is 53.6 Å². The molecule has 0 saturated carbocycles. The summed E-state index contributed by atoms with van der Waals surface area (Å²) >= 11 is 0. The number of amides is 2. The van der Waals surface area contributed by atoms with E-state index in [0.717, 1.165) is 31.2 Å². The average molecular weight is 1040 g/mol. The molecule has 1 aromatic carbocycles. The van der Waals surface area contributed by atoms with Crippen LogP contribution >= 0.6 is 0 Å². The molecular weight excluding hydrogens is 958 g/mol. The number of unbranched alkanes of at least 4 members (excludes halogenated alkanes) is 1. The topological polar surface area (TPSA) is 285 Å². The minimum atomic E-state index is -0.691. The molecule has 5 unspecified atom stereocenters. The molecule has 3 aromatic heterocycles. The second-order valence-corrected chi connectivity index (χ2v) is 18.9. The highest BCUT2D eigenvalue weighted by Gasteiger charge is 2.34. The first-order valence-corrected chi connectivity index (χ1v) is 25.5. The maximum atomic E-state index is 14.5. The van der Waals surface area contributed by atoms with Crippen LogP contribution in [0.1, 0.15) is 101 Å². The van der Waals surface area contributed by atoms with E-state index < -0.39 is 12.1 Å². The molecule has 2 saturated heterocycles. The van der Waals surface area contributed by atoms with Crippen molar-refractivity contribution in [2.24, 2.45) is 29.0 Å². The highest BCUT2D eigenvalue weighted by Crippen LogP contribution is 2.27. The second kappa shape index (κ2) is 29.8. The third-order valence-corrected chi connectivity index (χ3v) is 13.1. The smallest absolute Gasteiger partial charge is 0.247 e. The average Bonchev–Trinajstić information content (AvgIpc) is 4.10. The fourth-order valence-electron chi connectivity index (χ4n) is 8.58. The zero-order valence-electron chi connectivity index (χ0n) is 43.0. The van der Waals surface area contributed by atoms with Gasteiger partial charge in [0, 0.05) is 65.3 Å². The van der Waals surface area contributed by atoms with Crippen molar-refractivity contribution >= 4 is 29.7 Å². The molecule has 2 fully saturated rings. The summed E-state index contributed by atoms with van der Waals surface area (Å²) in [5, 5.41) is 30.8. The van der Waals surface area contributed by atoms with Crippen LogP contribution in [0.25, 0.3) is 0 Å². The first kappa shape index (κ1) is 58.2. The Bertz CT molecular complexity index is 2300. The Labute approximate surface area is 435 Å². The van der Waals surface area contributed by atoms with Crippen LogP contribution in [-0.4, -0.2) is 177 Å². The van der Waals surface area contributed by atoms with Gasteiger partial charge in [-0.25, -0.2) is 9.36 Å². The zero-order valence-corrected chi connectivity index (χ0v) is 43.7. The second-order valence-electron chi connectivity index (χ2n) is 18.9. The van der Waals surface area contributed by atoms with Crippen LogP contribution in [-0.2, 0) is 30.2 Å². The molecule has 0 bridgehead atoms. The number of aromatic nitrogens is 9. The summed E-state index contributed by atoms with van der Waals surface area (Å²) in [5.74, 6) is 4.33. The summed E-state index contributed by atoms with van der Waals surface area (Å²) in [6.45, 7) is 15.2. The Kier molecular flexibility index (Phi) is 23.8. The first-order valence-electron chi connectivity index (χ1n) is 25.5. The number of benzene rings is 1.